The van der Waals surface area contributed by atoms with Crippen LogP contribution in [0.1, 0.15) is 17.0 Å². The number of benzene rings is 2. The van der Waals surface area contributed by atoms with Gasteiger partial charge in [-0.25, -0.2) is 4.98 Å². The maximum Gasteiger partial charge on any atom is 0.226 e. The number of thiazole rings is 1. The van der Waals surface area contributed by atoms with Crippen molar-refractivity contribution in [2.24, 2.45) is 0 Å². The van der Waals surface area contributed by atoms with E-state index in [-0.39, 0.29) is 5.91 Å². The third-order valence-electron chi connectivity index (χ3n) is 5.23. The van der Waals surface area contributed by atoms with Crippen LogP contribution >= 0.6 is 11.3 Å². The Balaban J connectivity index is 1.22. The van der Waals surface area contributed by atoms with Crippen molar-refractivity contribution in [3.63, 3.8) is 0 Å². The molecule has 0 spiro atoms. The van der Waals surface area contributed by atoms with Gasteiger partial charge < -0.3 is 14.5 Å². The largest absolute Gasteiger partial charge is 0.493 e. The first-order chi connectivity index (χ1) is 13.7. The van der Waals surface area contributed by atoms with Gasteiger partial charge in [-0.2, -0.15) is 0 Å². The van der Waals surface area contributed by atoms with Crippen molar-refractivity contribution in [2.75, 3.05) is 32.8 Å². The molecule has 0 aliphatic carbocycles. The van der Waals surface area contributed by atoms with Crippen LogP contribution < -0.4 is 9.64 Å². The van der Waals surface area contributed by atoms with E-state index in [2.05, 4.69) is 18.2 Å². The number of para-hydroxylation sites is 2. The van der Waals surface area contributed by atoms with Gasteiger partial charge in [0.2, 0.25) is 5.91 Å². The van der Waals surface area contributed by atoms with E-state index < -0.39 is 0 Å². The van der Waals surface area contributed by atoms with Gasteiger partial charge in [0, 0.05) is 0 Å². The number of fused-ring (bicyclic) bond motifs is 1. The normalized spacial score (nSPS) is 15.1. The molecule has 1 amide bonds. The monoisotopic (exact) mass is 396 g/mol. The first kappa shape index (κ1) is 18.9. The lowest BCUT2D eigenvalue weighted by atomic mass is 10.2. The minimum atomic E-state index is 0.188. The van der Waals surface area contributed by atoms with E-state index in [1.165, 1.54) is 14.6 Å². The van der Waals surface area contributed by atoms with Gasteiger partial charge >= 0.3 is 0 Å². The summed E-state index contributed by atoms with van der Waals surface area (Å²) >= 11 is 1.78. The molecule has 0 saturated carbocycles. The fourth-order valence-corrected chi connectivity index (χ4v) is 4.62. The molecule has 5 nitrogen and oxygen atoms in total. The molecule has 28 heavy (non-hydrogen) atoms. The zero-order valence-corrected chi connectivity index (χ0v) is 17.0. The Kier molecular flexibility index (Phi) is 5.88. The summed E-state index contributed by atoms with van der Waals surface area (Å²) in [6.07, 6.45) is 0.432. The zero-order valence-electron chi connectivity index (χ0n) is 16.2. The van der Waals surface area contributed by atoms with Crippen LogP contribution in [0, 0.1) is 6.92 Å². The summed E-state index contributed by atoms with van der Waals surface area (Å²) in [4.78, 5) is 20.7. The van der Waals surface area contributed by atoms with E-state index in [0.717, 1.165) is 49.6 Å². The van der Waals surface area contributed by atoms with Crippen LogP contribution in [0.2, 0.25) is 0 Å². The molecule has 0 atom stereocenters. The molecule has 1 fully saturated rings. The number of nitrogens with one attached hydrogen (secondary N) is 1. The number of rotatable bonds is 6. The summed E-state index contributed by atoms with van der Waals surface area (Å²) < 4.78 is 7.02. The molecule has 0 unspecified atom stereocenters. The van der Waals surface area contributed by atoms with Crippen LogP contribution in [0.5, 0.6) is 5.75 Å². The van der Waals surface area contributed by atoms with E-state index in [0.29, 0.717) is 13.0 Å². The fourth-order valence-electron chi connectivity index (χ4n) is 3.58. The first-order valence-corrected chi connectivity index (χ1v) is 10.6. The number of hydrogen-bond acceptors (Lipinski definition) is 4. The van der Waals surface area contributed by atoms with Crippen molar-refractivity contribution >= 4 is 27.5 Å². The number of carbonyl (C=O) groups is 1. The minimum Gasteiger partial charge on any atom is -0.493 e. The fraction of sp³-hybridized carbons (Fsp3) is 0.364. The number of aryl methyl sites for hydroxylation is 1. The molecular weight excluding hydrogens is 370 g/mol. The number of ether oxygens (including phenoxy) is 1. The summed E-state index contributed by atoms with van der Waals surface area (Å²) in [5, 5.41) is 1.18. The molecule has 0 bridgehead atoms. The van der Waals surface area contributed by atoms with E-state index in [1.54, 1.807) is 11.3 Å². The topological polar surface area (TPSA) is 46.9 Å². The molecule has 1 aliphatic rings. The van der Waals surface area contributed by atoms with Crippen LogP contribution in [0.4, 0.5) is 0 Å². The third kappa shape index (κ3) is 4.51. The number of carbonyl (C=O) groups excluding carboxylic acids is 1. The van der Waals surface area contributed by atoms with Gasteiger partial charge in [0.05, 0.1) is 49.4 Å². The lowest BCUT2D eigenvalue weighted by Crippen LogP contribution is -3.13. The number of quaternary nitrogens is 1. The van der Waals surface area contributed by atoms with E-state index in [1.807, 2.05) is 42.2 Å². The lowest BCUT2D eigenvalue weighted by Gasteiger charge is -2.31. The molecule has 1 aromatic heterocycles. The van der Waals surface area contributed by atoms with Crippen molar-refractivity contribution in [2.45, 2.75) is 19.9 Å². The summed E-state index contributed by atoms with van der Waals surface area (Å²) in [5.41, 5.74) is 2.19. The number of nitrogens with zero attached hydrogens (tertiary/aromatic N) is 2. The molecule has 146 valence electrons. The molecule has 1 N–H and O–H groups in total. The smallest absolute Gasteiger partial charge is 0.226 e. The maximum atomic E-state index is 12.5. The second-order valence-electron chi connectivity index (χ2n) is 7.25. The molecule has 1 aliphatic heterocycles. The summed E-state index contributed by atoms with van der Waals surface area (Å²) in [7, 11) is 0. The number of amides is 1. The van der Waals surface area contributed by atoms with Gasteiger partial charge in [0.1, 0.15) is 17.3 Å². The second-order valence-corrected chi connectivity index (χ2v) is 8.36. The lowest BCUT2D eigenvalue weighted by molar-refractivity contribution is -0.917. The van der Waals surface area contributed by atoms with Crippen molar-refractivity contribution < 1.29 is 14.4 Å². The Morgan fingerprint density at radius 2 is 1.89 bits per heavy atom. The summed E-state index contributed by atoms with van der Waals surface area (Å²) in [6.45, 7) is 6.96. The Hall–Kier alpha value is -2.44. The summed E-state index contributed by atoms with van der Waals surface area (Å²) in [5.74, 6) is 1.05. The Morgan fingerprint density at radius 1 is 1.14 bits per heavy atom. The van der Waals surface area contributed by atoms with Gasteiger partial charge in [-0.3, -0.25) is 4.79 Å². The molecule has 6 heteroatoms. The highest BCUT2D eigenvalue weighted by atomic mass is 32.1. The van der Waals surface area contributed by atoms with Crippen molar-refractivity contribution in [3.8, 4) is 5.75 Å². The standard InChI is InChI=1S/C22H25N3O2S/c1-17-6-2-4-8-19(17)27-15-10-22(26)25-13-11-24(12-14-25)16-21-23-18-7-3-5-9-20(18)28-21/h2-9H,10-16H2,1H3/p+1. The molecular formula is C22H26N3O2S+. The molecule has 2 aromatic carbocycles. The van der Waals surface area contributed by atoms with Gasteiger partial charge in [0.25, 0.3) is 0 Å². The van der Waals surface area contributed by atoms with Crippen LogP contribution in [-0.2, 0) is 11.3 Å². The highest BCUT2D eigenvalue weighted by Gasteiger charge is 2.24. The Labute approximate surface area is 169 Å². The van der Waals surface area contributed by atoms with Crippen LogP contribution in [0.25, 0.3) is 10.2 Å². The van der Waals surface area contributed by atoms with Crippen LogP contribution in [-0.4, -0.2) is 48.6 Å². The van der Waals surface area contributed by atoms with Gasteiger partial charge in [0.15, 0.2) is 0 Å². The number of hydrogen-bond donors (Lipinski definition) is 1. The number of aromatic nitrogens is 1. The van der Waals surface area contributed by atoms with Crippen molar-refractivity contribution in [1.82, 2.24) is 9.88 Å². The van der Waals surface area contributed by atoms with E-state index >= 15 is 0 Å². The predicted molar refractivity (Wildman–Crippen MR) is 112 cm³/mol. The minimum absolute atomic E-state index is 0.188. The van der Waals surface area contributed by atoms with Crippen LogP contribution in [0.15, 0.2) is 48.5 Å². The molecule has 0 radical (unpaired) electrons. The Bertz CT molecular complexity index is 915. The molecule has 2 heterocycles. The number of piperazine rings is 1. The SMILES string of the molecule is Cc1ccccc1OCCC(=O)N1CC[NH+](Cc2nc3ccccc3s2)CC1. The average Bonchev–Trinajstić information content (AvgIpc) is 3.12. The van der Waals surface area contributed by atoms with E-state index in [4.69, 9.17) is 9.72 Å². The third-order valence-corrected chi connectivity index (χ3v) is 6.27. The quantitative estimate of drug-likeness (QED) is 0.696. The second kappa shape index (κ2) is 8.71. The van der Waals surface area contributed by atoms with Gasteiger partial charge in [-0.15, -0.1) is 11.3 Å². The van der Waals surface area contributed by atoms with E-state index in [9.17, 15) is 4.79 Å². The first-order valence-electron chi connectivity index (χ1n) is 9.83. The van der Waals surface area contributed by atoms with Crippen LogP contribution in [0.3, 0.4) is 0 Å². The van der Waals surface area contributed by atoms with Crippen molar-refractivity contribution in [1.29, 1.82) is 0 Å². The Morgan fingerprint density at radius 3 is 2.68 bits per heavy atom. The molecule has 4 rings (SSSR count). The van der Waals surface area contributed by atoms with Crippen molar-refractivity contribution in [3.05, 3.63) is 59.1 Å². The predicted octanol–water partition coefficient (Wildman–Crippen LogP) is 2.30. The highest BCUT2D eigenvalue weighted by molar-refractivity contribution is 7.18. The molecule has 3 aromatic rings. The van der Waals surface area contributed by atoms with Gasteiger partial charge in [-0.1, -0.05) is 30.3 Å². The highest BCUT2D eigenvalue weighted by Crippen LogP contribution is 2.21. The van der Waals surface area contributed by atoms with Gasteiger partial charge in [-0.05, 0) is 30.7 Å². The zero-order chi connectivity index (χ0) is 19.3. The molecule has 1 saturated heterocycles. The maximum absolute atomic E-state index is 12.5. The average molecular weight is 397 g/mol. The summed E-state index contributed by atoms with van der Waals surface area (Å²) in [6, 6.07) is 16.2.